The van der Waals surface area contributed by atoms with Gasteiger partial charge in [0.2, 0.25) is 0 Å². The second kappa shape index (κ2) is 13.4. The summed E-state index contributed by atoms with van der Waals surface area (Å²) in [5.41, 5.74) is 16.9. The molecule has 0 radical (unpaired) electrons. The first-order valence-corrected chi connectivity index (χ1v) is 19.6. The number of hydrogen-bond acceptors (Lipinski definition) is 2. The lowest BCUT2D eigenvalue weighted by Gasteiger charge is -2.41. The van der Waals surface area contributed by atoms with Gasteiger partial charge in [-0.3, -0.25) is 0 Å². The van der Waals surface area contributed by atoms with Gasteiger partial charge in [0, 0.05) is 22.4 Å². The summed E-state index contributed by atoms with van der Waals surface area (Å²) in [4.78, 5) is 2.39. The smallest absolute Gasteiger partial charge is 0.156 e. The van der Waals surface area contributed by atoms with Gasteiger partial charge in [-0.1, -0.05) is 194 Å². The van der Waals surface area contributed by atoms with Crippen molar-refractivity contribution in [3.05, 3.63) is 247 Å². The molecule has 2 heteroatoms. The third kappa shape index (κ3) is 5.11. The molecule has 1 aliphatic carbocycles. The van der Waals surface area contributed by atoms with Crippen molar-refractivity contribution in [2.75, 3.05) is 4.90 Å². The Hall–Kier alpha value is -7.42. The predicted octanol–water partition coefficient (Wildman–Crippen LogP) is 14.6. The maximum absolute atomic E-state index is 7.21. The molecule has 9 aromatic carbocycles. The molecule has 0 amide bonds. The van der Waals surface area contributed by atoms with Gasteiger partial charge >= 0.3 is 0 Å². The average Bonchev–Trinajstić information content (AvgIpc) is 3.58. The lowest BCUT2D eigenvalue weighted by Crippen LogP contribution is -2.32. The normalized spacial score (nSPS) is 12.8. The Kier molecular flexibility index (Phi) is 7.75. The van der Waals surface area contributed by atoms with Crippen molar-refractivity contribution in [3.63, 3.8) is 0 Å². The minimum atomic E-state index is -0.566. The van der Waals surface area contributed by atoms with Crippen molar-refractivity contribution < 1.29 is 4.74 Å². The van der Waals surface area contributed by atoms with Gasteiger partial charge in [0.1, 0.15) is 5.75 Å². The van der Waals surface area contributed by atoms with E-state index in [-0.39, 0.29) is 0 Å². The van der Waals surface area contributed by atoms with Crippen molar-refractivity contribution in [3.8, 4) is 56.0 Å². The van der Waals surface area contributed by atoms with Crippen LogP contribution in [0.25, 0.3) is 44.5 Å². The fraction of sp³-hybridized carbons (Fsp3) is 0.0182. The highest BCUT2D eigenvalue weighted by Gasteiger charge is 2.51. The van der Waals surface area contributed by atoms with Crippen LogP contribution < -0.4 is 9.64 Å². The fourth-order valence-corrected chi connectivity index (χ4v) is 9.37. The lowest BCUT2D eigenvalue weighted by atomic mass is 9.66. The van der Waals surface area contributed by atoms with Crippen LogP contribution in [-0.2, 0) is 5.41 Å². The molecule has 0 atom stereocenters. The number of nitrogens with zero attached hydrogens (tertiary/aromatic N) is 1. The quantitative estimate of drug-likeness (QED) is 0.169. The van der Waals surface area contributed by atoms with E-state index in [0.717, 1.165) is 56.4 Å². The van der Waals surface area contributed by atoms with Crippen LogP contribution in [0.4, 0.5) is 17.1 Å². The Labute approximate surface area is 333 Å². The van der Waals surface area contributed by atoms with Gasteiger partial charge in [0.05, 0.1) is 16.8 Å². The molecule has 1 heterocycles. The molecule has 1 aliphatic heterocycles. The molecule has 1 spiro atoms. The number of anilines is 3. The van der Waals surface area contributed by atoms with E-state index in [1.165, 1.54) is 38.9 Å². The summed E-state index contributed by atoms with van der Waals surface area (Å²) < 4.78 is 7.21. The standard InChI is InChI=1S/C55H37NO/c1-3-18-38(19-4-1)42-22-7-8-23-43(42)40-34-36-41(37-35-40)56(51-31-15-11-24-44(51)39-20-5-2-6-21-39)52-32-17-30-50-54(52)57-53-33-16-14-29-49(53)55(50)47-27-12-9-25-45(47)46-26-10-13-28-48(46)55/h1-37H. The summed E-state index contributed by atoms with van der Waals surface area (Å²) >= 11 is 0. The summed E-state index contributed by atoms with van der Waals surface area (Å²) in [6.07, 6.45) is 0. The molecule has 11 rings (SSSR count). The number of para-hydroxylation sites is 3. The minimum absolute atomic E-state index is 0.566. The molecule has 0 saturated heterocycles. The molecule has 0 fully saturated rings. The molecule has 0 aromatic heterocycles. The van der Waals surface area contributed by atoms with E-state index in [1.54, 1.807) is 0 Å². The Morgan fingerprint density at radius 1 is 0.298 bits per heavy atom. The maximum Gasteiger partial charge on any atom is 0.156 e. The second-order valence-corrected chi connectivity index (χ2v) is 14.8. The molecule has 2 nitrogen and oxygen atoms in total. The topological polar surface area (TPSA) is 12.5 Å². The number of benzene rings is 9. The molecule has 0 saturated carbocycles. The number of ether oxygens (including phenoxy) is 1. The first kappa shape index (κ1) is 33.0. The third-order valence-electron chi connectivity index (χ3n) is 11.8. The van der Waals surface area contributed by atoms with Crippen LogP contribution in [0.3, 0.4) is 0 Å². The van der Waals surface area contributed by atoms with E-state index in [2.05, 4.69) is 229 Å². The van der Waals surface area contributed by atoms with Crippen LogP contribution >= 0.6 is 0 Å². The van der Waals surface area contributed by atoms with Crippen LogP contribution in [0, 0.1) is 0 Å². The van der Waals surface area contributed by atoms with E-state index in [4.69, 9.17) is 4.74 Å². The summed E-state index contributed by atoms with van der Waals surface area (Å²) in [6.45, 7) is 0. The first-order chi connectivity index (χ1) is 28.3. The van der Waals surface area contributed by atoms with E-state index in [1.807, 2.05) is 0 Å². The van der Waals surface area contributed by atoms with E-state index >= 15 is 0 Å². The van der Waals surface area contributed by atoms with Crippen molar-refractivity contribution in [1.29, 1.82) is 0 Å². The second-order valence-electron chi connectivity index (χ2n) is 14.8. The van der Waals surface area contributed by atoms with Gasteiger partial charge in [-0.05, 0) is 80.4 Å². The lowest BCUT2D eigenvalue weighted by molar-refractivity contribution is 0.437. The Morgan fingerprint density at radius 3 is 1.37 bits per heavy atom. The van der Waals surface area contributed by atoms with Gasteiger partial charge in [0.25, 0.3) is 0 Å². The van der Waals surface area contributed by atoms with Gasteiger partial charge < -0.3 is 9.64 Å². The average molecular weight is 728 g/mol. The summed E-state index contributed by atoms with van der Waals surface area (Å²) in [5.74, 6) is 1.72. The van der Waals surface area contributed by atoms with E-state index < -0.39 is 5.41 Å². The Bertz CT molecular complexity index is 2890. The van der Waals surface area contributed by atoms with E-state index in [0.29, 0.717) is 0 Å². The number of hydrogen-bond donors (Lipinski definition) is 0. The zero-order valence-corrected chi connectivity index (χ0v) is 31.2. The largest absolute Gasteiger partial charge is 0.454 e. The monoisotopic (exact) mass is 727 g/mol. The highest BCUT2D eigenvalue weighted by atomic mass is 16.5. The molecular formula is C55H37NO. The molecular weight excluding hydrogens is 691 g/mol. The zero-order chi connectivity index (χ0) is 37.8. The van der Waals surface area contributed by atoms with Crippen molar-refractivity contribution in [1.82, 2.24) is 0 Å². The summed E-state index contributed by atoms with van der Waals surface area (Å²) in [6, 6.07) is 80.8. The summed E-state index contributed by atoms with van der Waals surface area (Å²) in [5, 5.41) is 0. The third-order valence-corrected chi connectivity index (χ3v) is 11.8. The SMILES string of the molecule is c1ccc(-c2ccccc2-c2ccc(N(c3ccccc3-c3ccccc3)c3cccc4c3Oc3ccccc3C43c4ccccc4-c4ccccc43)cc2)cc1. The molecule has 57 heavy (non-hydrogen) atoms. The highest BCUT2D eigenvalue weighted by Crippen LogP contribution is 2.64. The van der Waals surface area contributed by atoms with Crippen LogP contribution in [0.1, 0.15) is 22.3 Å². The Morgan fingerprint density at radius 2 is 0.737 bits per heavy atom. The van der Waals surface area contributed by atoms with Crippen molar-refractivity contribution in [2.45, 2.75) is 5.41 Å². The maximum atomic E-state index is 7.21. The van der Waals surface area contributed by atoms with Gasteiger partial charge in [-0.15, -0.1) is 0 Å². The summed E-state index contributed by atoms with van der Waals surface area (Å²) in [7, 11) is 0. The van der Waals surface area contributed by atoms with Crippen LogP contribution in [0.5, 0.6) is 11.5 Å². The molecule has 9 aromatic rings. The molecule has 268 valence electrons. The molecule has 0 N–H and O–H groups in total. The van der Waals surface area contributed by atoms with Gasteiger partial charge in [0.15, 0.2) is 5.75 Å². The first-order valence-electron chi connectivity index (χ1n) is 19.6. The minimum Gasteiger partial charge on any atom is -0.454 e. The molecule has 0 unspecified atom stereocenters. The van der Waals surface area contributed by atoms with Gasteiger partial charge in [-0.2, -0.15) is 0 Å². The van der Waals surface area contributed by atoms with Crippen LogP contribution in [0.2, 0.25) is 0 Å². The molecule has 2 aliphatic rings. The van der Waals surface area contributed by atoms with Crippen molar-refractivity contribution >= 4 is 17.1 Å². The Balaban J connectivity index is 1.16. The zero-order valence-electron chi connectivity index (χ0n) is 31.2. The van der Waals surface area contributed by atoms with Crippen LogP contribution in [-0.4, -0.2) is 0 Å². The molecule has 0 bridgehead atoms. The number of rotatable bonds is 6. The highest BCUT2D eigenvalue weighted by molar-refractivity contribution is 5.94. The van der Waals surface area contributed by atoms with Crippen molar-refractivity contribution in [2.24, 2.45) is 0 Å². The fourth-order valence-electron chi connectivity index (χ4n) is 9.37. The van der Waals surface area contributed by atoms with Crippen LogP contribution in [0.15, 0.2) is 224 Å². The van der Waals surface area contributed by atoms with E-state index in [9.17, 15) is 0 Å². The van der Waals surface area contributed by atoms with Gasteiger partial charge in [-0.25, -0.2) is 0 Å². The number of fused-ring (bicyclic) bond motifs is 9. The predicted molar refractivity (Wildman–Crippen MR) is 235 cm³/mol.